The highest BCUT2D eigenvalue weighted by atomic mass is 16.7. The van der Waals surface area contributed by atoms with E-state index >= 15 is 0 Å². The highest BCUT2D eigenvalue weighted by molar-refractivity contribution is 5.70. The standard InChI is InChI=1S/C18H29N3O13/c1-30-10(24)6-31-5-7-2-21(20-19-7)17-14(28)13(27)16(9(4-23)32-17)34-18-15(29)12(26)11(25)8(3-22)33-18/h2,8-9,11-18,22-23,25-29H,3-6H2,1H3/t8-,9-,11+,12+,13-,14-,15-,16-,17-,18+/m1/s1. The van der Waals surface area contributed by atoms with Crippen LogP contribution in [-0.4, -0.2) is 139 Å². The Morgan fingerprint density at radius 3 is 2.35 bits per heavy atom. The summed E-state index contributed by atoms with van der Waals surface area (Å²) in [6.07, 6.45) is -14.0. The summed E-state index contributed by atoms with van der Waals surface area (Å²) < 4.78 is 27.0. The van der Waals surface area contributed by atoms with Gasteiger partial charge in [0, 0.05) is 0 Å². The molecule has 2 aliphatic heterocycles. The van der Waals surface area contributed by atoms with Crippen LogP contribution in [0.2, 0.25) is 0 Å². The van der Waals surface area contributed by atoms with Crippen LogP contribution in [0.1, 0.15) is 11.9 Å². The van der Waals surface area contributed by atoms with Crippen molar-refractivity contribution in [2.24, 2.45) is 0 Å². The first-order chi connectivity index (χ1) is 16.2. The Balaban J connectivity index is 1.67. The Morgan fingerprint density at radius 2 is 1.71 bits per heavy atom. The Morgan fingerprint density at radius 1 is 1.00 bits per heavy atom. The molecule has 16 nitrogen and oxygen atoms in total. The molecule has 2 aliphatic rings. The van der Waals surface area contributed by atoms with E-state index in [9.17, 15) is 40.5 Å². The molecule has 1 aromatic rings. The van der Waals surface area contributed by atoms with Crippen molar-refractivity contribution in [1.29, 1.82) is 0 Å². The summed E-state index contributed by atoms with van der Waals surface area (Å²) in [5.74, 6) is -0.585. The van der Waals surface area contributed by atoms with Crippen molar-refractivity contribution in [3.05, 3.63) is 11.9 Å². The van der Waals surface area contributed by atoms with Gasteiger partial charge in [0.2, 0.25) is 0 Å². The molecule has 1 aromatic heterocycles. The van der Waals surface area contributed by atoms with Crippen molar-refractivity contribution in [2.45, 2.75) is 68.0 Å². The van der Waals surface area contributed by atoms with Crippen molar-refractivity contribution in [3.63, 3.8) is 0 Å². The van der Waals surface area contributed by atoms with Crippen LogP contribution in [0.4, 0.5) is 0 Å². The molecule has 0 bridgehead atoms. The molecule has 0 saturated carbocycles. The maximum Gasteiger partial charge on any atom is 0.331 e. The number of carbonyl (C=O) groups is 1. The number of rotatable bonds is 9. The van der Waals surface area contributed by atoms with E-state index in [2.05, 4.69) is 15.0 Å². The molecule has 0 spiro atoms. The van der Waals surface area contributed by atoms with E-state index in [4.69, 9.17) is 18.9 Å². The Labute approximate surface area is 192 Å². The molecule has 0 amide bonds. The van der Waals surface area contributed by atoms with Crippen molar-refractivity contribution in [2.75, 3.05) is 26.9 Å². The van der Waals surface area contributed by atoms with Crippen molar-refractivity contribution >= 4 is 5.97 Å². The topological polar surface area (TPSA) is 236 Å². The monoisotopic (exact) mass is 495 g/mol. The lowest BCUT2D eigenvalue weighted by Crippen LogP contribution is -2.63. The summed E-state index contributed by atoms with van der Waals surface area (Å²) in [6, 6.07) is 0. The van der Waals surface area contributed by atoms with Gasteiger partial charge in [-0.2, -0.15) is 0 Å². The zero-order chi connectivity index (χ0) is 25.0. The molecular weight excluding hydrogens is 466 g/mol. The van der Waals surface area contributed by atoms with Gasteiger partial charge in [-0.15, -0.1) is 5.10 Å². The van der Waals surface area contributed by atoms with Gasteiger partial charge in [0.25, 0.3) is 0 Å². The lowest BCUT2D eigenvalue weighted by molar-refractivity contribution is -0.347. The first kappa shape index (κ1) is 26.8. The molecule has 0 aromatic carbocycles. The SMILES string of the molecule is COC(=O)COCc1cn([C@@H]2O[C@H](CO)[C@@H](O[C@@H]3O[C@H](CO)[C@H](O)[C@H](O)[C@H]3O)[C@H](O)[C@H]2O)nn1. The summed E-state index contributed by atoms with van der Waals surface area (Å²) >= 11 is 0. The minimum absolute atomic E-state index is 0.104. The van der Waals surface area contributed by atoms with Crippen LogP contribution in [0.5, 0.6) is 0 Å². The number of hydrogen-bond donors (Lipinski definition) is 7. The summed E-state index contributed by atoms with van der Waals surface area (Å²) in [5.41, 5.74) is 0.273. The van der Waals surface area contributed by atoms with Crippen molar-refractivity contribution in [1.82, 2.24) is 15.0 Å². The predicted octanol–water partition coefficient (Wildman–Crippen LogP) is -5.24. The maximum atomic E-state index is 11.1. The van der Waals surface area contributed by atoms with Gasteiger partial charge in [0.15, 0.2) is 12.5 Å². The van der Waals surface area contributed by atoms with Gasteiger partial charge in [-0.1, -0.05) is 5.21 Å². The molecule has 16 heteroatoms. The van der Waals surface area contributed by atoms with E-state index in [1.54, 1.807) is 0 Å². The molecule has 0 unspecified atom stereocenters. The highest BCUT2D eigenvalue weighted by Crippen LogP contribution is 2.32. The van der Waals surface area contributed by atoms with Crippen LogP contribution < -0.4 is 0 Å². The van der Waals surface area contributed by atoms with Crippen molar-refractivity contribution < 1.29 is 64.2 Å². The molecule has 0 aliphatic carbocycles. The van der Waals surface area contributed by atoms with Gasteiger partial charge >= 0.3 is 5.97 Å². The van der Waals surface area contributed by atoms with Crippen LogP contribution in [0.25, 0.3) is 0 Å². The second-order valence-electron chi connectivity index (χ2n) is 7.79. The second-order valence-corrected chi connectivity index (χ2v) is 7.79. The number of esters is 1. The largest absolute Gasteiger partial charge is 0.467 e. The average molecular weight is 495 g/mol. The quantitative estimate of drug-likeness (QED) is 0.158. The minimum atomic E-state index is -1.76. The normalized spacial score (nSPS) is 38.6. The van der Waals surface area contributed by atoms with E-state index in [1.165, 1.54) is 13.3 Å². The van der Waals surface area contributed by atoms with Crippen LogP contribution >= 0.6 is 0 Å². The molecule has 3 rings (SSSR count). The summed E-state index contributed by atoms with van der Waals surface area (Å²) in [6.45, 7) is -1.80. The van der Waals surface area contributed by atoms with Gasteiger partial charge in [-0.25, -0.2) is 9.48 Å². The molecule has 10 atom stereocenters. The van der Waals surface area contributed by atoms with Crippen LogP contribution in [0.3, 0.4) is 0 Å². The van der Waals surface area contributed by atoms with Crippen LogP contribution in [0, 0.1) is 0 Å². The smallest absolute Gasteiger partial charge is 0.331 e. The first-order valence-electron chi connectivity index (χ1n) is 10.4. The number of aliphatic hydroxyl groups excluding tert-OH is 7. The van der Waals surface area contributed by atoms with E-state index in [-0.39, 0.29) is 18.9 Å². The predicted molar refractivity (Wildman–Crippen MR) is 103 cm³/mol. The Kier molecular flexibility index (Phi) is 9.24. The van der Waals surface area contributed by atoms with E-state index in [0.717, 1.165) is 4.68 Å². The third-order valence-electron chi connectivity index (χ3n) is 5.49. The molecule has 194 valence electrons. The summed E-state index contributed by atoms with van der Waals surface area (Å²) in [7, 11) is 1.21. The number of nitrogens with zero attached hydrogens (tertiary/aromatic N) is 3. The fourth-order valence-electron chi connectivity index (χ4n) is 3.59. The molecule has 7 N–H and O–H groups in total. The number of ether oxygens (including phenoxy) is 5. The van der Waals surface area contributed by atoms with E-state index < -0.39 is 80.5 Å². The maximum absolute atomic E-state index is 11.1. The number of aliphatic hydroxyl groups is 7. The highest BCUT2D eigenvalue weighted by Gasteiger charge is 2.51. The van der Waals surface area contributed by atoms with E-state index in [1.807, 2.05) is 0 Å². The molecule has 34 heavy (non-hydrogen) atoms. The van der Waals surface area contributed by atoms with E-state index in [0.29, 0.717) is 0 Å². The number of aromatic nitrogens is 3. The first-order valence-corrected chi connectivity index (χ1v) is 10.4. The second kappa shape index (κ2) is 11.7. The molecule has 2 fully saturated rings. The van der Waals surface area contributed by atoms with Crippen LogP contribution in [-0.2, 0) is 35.1 Å². The Hall–Kier alpha value is -1.83. The molecule has 0 radical (unpaired) electrons. The third kappa shape index (κ3) is 5.69. The Bertz CT molecular complexity index is 793. The molecule has 2 saturated heterocycles. The number of carbonyl (C=O) groups excluding carboxylic acids is 1. The number of hydrogen-bond acceptors (Lipinski definition) is 15. The number of methoxy groups -OCH3 is 1. The fraction of sp³-hybridized carbons (Fsp3) is 0.833. The van der Waals surface area contributed by atoms with Gasteiger partial charge in [0.1, 0.15) is 61.1 Å². The lowest BCUT2D eigenvalue weighted by atomic mass is 9.96. The van der Waals surface area contributed by atoms with Crippen LogP contribution in [0.15, 0.2) is 6.20 Å². The summed E-state index contributed by atoms with van der Waals surface area (Å²) in [5, 5.41) is 77.9. The summed E-state index contributed by atoms with van der Waals surface area (Å²) in [4.78, 5) is 11.1. The van der Waals surface area contributed by atoms with Gasteiger partial charge < -0.3 is 59.4 Å². The zero-order valence-corrected chi connectivity index (χ0v) is 18.1. The molecular formula is C18H29N3O13. The van der Waals surface area contributed by atoms with Gasteiger partial charge in [-0.3, -0.25) is 0 Å². The lowest BCUT2D eigenvalue weighted by Gasteiger charge is -2.45. The minimum Gasteiger partial charge on any atom is -0.467 e. The van der Waals surface area contributed by atoms with Gasteiger partial charge in [-0.05, 0) is 0 Å². The van der Waals surface area contributed by atoms with Gasteiger partial charge in [0.05, 0.1) is 33.1 Å². The molecule has 3 heterocycles. The fourth-order valence-corrected chi connectivity index (χ4v) is 3.59. The van der Waals surface area contributed by atoms with Crippen molar-refractivity contribution in [3.8, 4) is 0 Å². The zero-order valence-electron chi connectivity index (χ0n) is 18.1. The average Bonchev–Trinajstić information content (AvgIpc) is 3.30. The third-order valence-corrected chi connectivity index (χ3v) is 5.49.